The van der Waals surface area contributed by atoms with Gasteiger partial charge in [-0.1, -0.05) is 5.11 Å². The van der Waals surface area contributed by atoms with Crippen molar-refractivity contribution in [3.05, 3.63) is 30.7 Å². The van der Waals surface area contributed by atoms with Crippen molar-refractivity contribution < 1.29 is 17.4 Å². The van der Waals surface area contributed by atoms with E-state index in [0.29, 0.717) is 5.69 Å². The molecule has 1 aromatic carbocycles. The zero-order valence-corrected chi connectivity index (χ0v) is 11.6. The van der Waals surface area contributed by atoms with Crippen LogP contribution < -0.4 is 4.90 Å². The predicted octanol–water partition coefficient (Wildman–Crippen LogP) is 2.40. The number of anilines is 1. The highest BCUT2D eigenvalue weighted by atomic mass is 32.2. The molecule has 0 fully saturated rings. The molecule has 1 heterocycles. The summed E-state index contributed by atoms with van der Waals surface area (Å²) in [5.74, 6) is 0. The van der Waals surface area contributed by atoms with E-state index in [1.165, 1.54) is 24.6 Å². The smallest absolute Gasteiger partial charge is 0.340 e. The number of aromatic nitrogens is 1. The summed E-state index contributed by atoms with van der Waals surface area (Å²) in [6, 6.07) is 4.38. The van der Waals surface area contributed by atoms with Crippen LogP contribution in [0.5, 0.6) is 0 Å². The van der Waals surface area contributed by atoms with Crippen LogP contribution in [0.15, 0.2) is 50.2 Å². The zero-order chi connectivity index (χ0) is 14.8. The number of azo groups is 1. The Bertz CT molecular complexity index is 723. The average Bonchev–Trinajstić information content (AvgIpc) is 2.88. The van der Waals surface area contributed by atoms with Crippen LogP contribution in [-0.4, -0.2) is 32.0 Å². The van der Waals surface area contributed by atoms with E-state index in [1.54, 1.807) is 25.1 Å². The molecule has 9 heteroatoms. The van der Waals surface area contributed by atoms with Gasteiger partial charge in [0.05, 0.1) is 6.20 Å². The lowest BCUT2D eigenvalue weighted by Gasteiger charge is -2.13. The van der Waals surface area contributed by atoms with Gasteiger partial charge in [0.1, 0.15) is 16.8 Å². The van der Waals surface area contributed by atoms with E-state index >= 15 is 0 Å². The molecule has 0 unspecified atom stereocenters. The van der Waals surface area contributed by atoms with E-state index in [-0.39, 0.29) is 16.6 Å². The first kappa shape index (κ1) is 14.2. The summed E-state index contributed by atoms with van der Waals surface area (Å²) >= 11 is 0. The minimum atomic E-state index is -4.41. The van der Waals surface area contributed by atoms with Crippen molar-refractivity contribution in [3.63, 3.8) is 0 Å². The van der Waals surface area contributed by atoms with Gasteiger partial charge in [-0.3, -0.25) is 4.55 Å². The van der Waals surface area contributed by atoms with E-state index < -0.39 is 10.1 Å². The van der Waals surface area contributed by atoms with Crippen LogP contribution in [0.3, 0.4) is 0 Å². The first-order valence-electron chi connectivity index (χ1n) is 5.48. The zero-order valence-electron chi connectivity index (χ0n) is 10.8. The van der Waals surface area contributed by atoms with Crippen LogP contribution in [0.2, 0.25) is 0 Å². The van der Waals surface area contributed by atoms with Gasteiger partial charge >= 0.3 is 6.01 Å². The van der Waals surface area contributed by atoms with Gasteiger partial charge in [0.25, 0.3) is 10.1 Å². The molecule has 1 aromatic heterocycles. The lowest BCUT2D eigenvalue weighted by Crippen LogP contribution is -2.09. The topological polar surface area (TPSA) is 108 Å². The Morgan fingerprint density at radius 2 is 2.05 bits per heavy atom. The van der Waals surface area contributed by atoms with Crippen molar-refractivity contribution in [2.45, 2.75) is 4.90 Å². The van der Waals surface area contributed by atoms with Gasteiger partial charge < -0.3 is 9.32 Å². The molecular weight excluding hydrogens is 284 g/mol. The van der Waals surface area contributed by atoms with Gasteiger partial charge in [-0.2, -0.15) is 13.4 Å². The van der Waals surface area contributed by atoms with Crippen molar-refractivity contribution in [2.24, 2.45) is 10.2 Å². The number of oxazole rings is 1. The molecule has 0 aliphatic heterocycles. The van der Waals surface area contributed by atoms with E-state index in [1.807, 2.05) is 0 Å². The minimum absolute atomic E-state index is 0.00343. The summed E-state index contributed by atoms with van der Waals surface area (Å²) in [6.07, 6.45) is 2.69. The van der Waals surface area contributed by atoms with Crippen LogP contribution in [0, 0.1) is 0 Å². The maximum Gasteiger partial charge on any atom is 0.340 e. The highest BCUT2D eigenvalue weighted by Gasteiger charge is 2.17. The molecule has 0 atom stereocenters. The van der Waals surface area contributed by atoms with Crippen molar-refractivity contribution in [2.75, 3.05) is 19.0 Å². The third-order valence-corrected chi connectivity index (χ3v) is 3.28. The lowest BCUT2D eigenvalue weighted by molar-refractivity contribution is 0.483. The van der Waals surface area contributed by atoms with Gasteiger partial charge in [-0.05, 0) is 18.2 Å². The van der Waals surface area contributed by atoms with Gasteiger partial charge in [-0.15, -0.1) is 5.11 Å². The summed E-state index contributed by atoms with van der Waals surface area (Å²) in [7, 11) is -0.918. The first-order chi connectivity index (χ1) is 9.38. The molecule has 106 valence electrons. The second-order valence-electron chi connectivity index (χ2n) is 4.04. The Labute approximate surface area is 115 Å². The Kier molecular flexibility index (Phi) is 3.81. The van der Waals surface area contributed by atoms with Crippen molar-refractivity contribution in [3.8, 4) is 0 Å². The summed E-state index contributed by atoms with van der Waals surface area (Å²) < 4.78 is 36.9. The van der Waals surface area contributed by atoms with Gasteiger partial charge in [-0.25, -0.2) is 0 Å². The molecule has 0 aliphatic carbocycles. The summed E-state index contributed by atoms with van der Waals surface area (Å²) in [6.45, 7) is 0. The Hall–Kier alpha value is -2.26. The summed E-state index contributed by atoms with van der Waals surface area (Å²) in [5.41, 5.74) is 0.601. The molecule has 2 rings (SSSR count). The molecule has 1 N–H and O–H groups in total. The molecule has 0 saturated heterocycles. The van der Waals surface area contributed by atoms with Crippen molar-refractivity contribution in [1.82, 2.24) is 4.98 Å². The number of benzene rings is 1. The number of hydrogen-bond acceptors (Lipinski definition) is 7. The van der Waals surface area contributed by atoms with E-state index in [9.17, 15) is 13.0 Å². The number of nitrogens with zero attached hydrogens (tertiary/aromatic N) is 4. The third-order valence-electron chi connectivity index (χ3n) is 2.40. The van der Waals surface area contributed by atoms with Gasteiger partial charge in [0.15, 0.2) is 0 Å². The molecule has 0 amide bonds. The summed E-state index contributed by atoms with van der Waals surface area (Å²) in [5, 5.41) is 7.37. The number of hydrogen-bond donors (Lipinski definition) is 1. The monoisotopic (exact) mass is 296 g/mol. The second kappa shape index (κ2) is 5.39. The number of rotatable bonds is 4. The van der Waals surface area contributed by atoms with Crippen molar-refractivity contribution in [1.29, 1.82) is 0 Å². The molecule has 0 saturated carbocycles. The molecule has 2 aromatic rings. The Morgan fingerprint density at radius 3 is 2.60 bits per heavy atom. The van der Waals surface area contributed by atoms with Crippen LogP contribution in [0.1, 0.15) is 0 Å². The fourth-order valence-corrected chi connectivity index (χ4v) is 2.07. The van der Waals surface area contributed by atoms with Crippen LogP contribution in [-0.2, 0) is 10.1 Å². The molecule has 0 radical (unpaired) electrons. The largest absolute Gasteiger partial charge is 0.430 e. The van der Waals surface area contributed by atoms with Crippen LogP contribution in [0.25, 0.3) is 0 Å². The molecule has 0 bridgehead atoms. The maximum atomic E-state index is 11.4. The quantitative estimate of drug-likeness (QED) is 0.685. The van der Waals surface area contributed by atoms with Crippen LogP contribution >= 0.6 is 0 Å². The molecule has 20 heavy (non-hydrogen) atoms. The molecule has 0 aliphatic rings. The van der Waals surface area contributed by atoms with E-state index in [0.717, 1.165) is 0 Å². The van der Waals surface area contributed by atoms with Gasteiger partial charge in [0.2, 0.25) is 0 Å². The lowest BCUT2D eigenvalue weighted by atomic mass is 10.3. The predicted molar refractivity (Wildman–Crippen MR) is 71.3 cm³/mol. The fourth-order valence-electron chi connectivity index (χ4n) is 1.43. The molecule has 0 spiro atoms. The standard InChI is InChI=1S/C11H12N4O4S/c1-15(2)8-3-4-9(10(7-8)20(16,17)18)13-14-11-12-5-6-19-11/h3-7H,1-2H3,(H,16,17,18). The summed E-state index contributed by atoms with van der Waals surface area (Å²) in [4.78, 5) is 5.09. The molecular formula is C11H12N4O4S. The van der Waals surface area contributed by atoms with E-state index in [4.69, 9.17) is 4.42 Å². The third kappa shape index (κ3) is 3.19. The fraction of sp³-hybridized carbons (Fsp3) is 0.182. The minimum Gasteiger partial charge on any atom is -0.430 e. The Balaban J connectivity index is 2.47. The van der Waals surface area contributed by atoms with Crippen molar-refractivity contribution >= 4 is 27.5 Å². The van der Waals surface area contributed by atoms with Crippen LogP contribution in [0.4, 0.5) is 17.4 Å². The molecule has 8 nitrogen and oxygen atoms in total. The van der Waals surface area contributed by atoms with Gasteiger partial charge in [0, 0.05) is 19.8 Å². The average molecular weight is 296 g/mol. The second-order valence-corrected chi connectivity index (χ2v) is 5.43. The highest BCUT2D eigenvalue weighted by Crippen LogP contribution is 2.29. The normalized spacial score (nSPS) is 11.9. The maximum absolute atomic E-state index is 11.4. The SMILES string of the molecule is CN(C)c1ccc(N=Nc2ncco2)c(S(=O)(=O)O)c1. The first-order valence-corrected chi connectivity index (χ1v) is 6.92. The Morgan fingerprint density at radius 1 is 1.30 bits per heavy atom. The van der Waals surface area contributed by atoms with E-state index in [2.05, 4.69) is 15.2 Å². The highest BCUT2D eigenvalue weighted by molar-refractivity contribution is 7.86.